The molecule has 0 spiro atoms. The smallest absolute Gasteiger partial charge is 0.276 e. The SMILES string of the molecule is O=C(Nc1ccc(S(=O)(=O)Nc2ccc(Cl)nn2)cc1)c1ccn(COc2ccc(-c3ccccc3)cc2)n1. The lowest BCUT2D eigenvalue weighted by molar-refractivity contribution is 0.102. The molecule has 2 heterocycles. The third-order valence-corrected chi connectivity index (χ3v) is 7.06. The predicted octanol–water partition coefficient (Wildman–Crippen LogP) is 5.08. The van der Waals surface area contributed by atoms with Gasteiger partial charge < -0.3 is 10.1 Å². The minimum atomic E-state index is -3.90. The normalized spacial score (nSPS) is 11.1. The number of anilines is 2. The average molecular weight is 561 g/mol. The van der Waals surface area contributed by atoms with Crippen molar-refractivity contribution < 1.29 is 17.9 Å². The van der Waals surface area contributed by atoms with Crippen molar-refractivity contribution in [3.63, 3.8) is 0 Å². The van der Waals surface area contributed by atoms with Crippen LogP contribution in [0, 0.1) is 0 Å². The summed E-state index contributed by atoms with van der Waals surface area (Å²) in [6, 6.07) is 27.8. The maximum Gasteiger partial charge on any atom is 0.276 e. The van der Waals surface area contributed by atoms with Gasteiger partial charge in [-0.2, -0.15) is 5.10 Å². The van der Waals surface area contributed by atoms with Gasteiger partial charge in [0, 0.05) is 11.9 Å². The van der Waals surface area contributed by atoms with E-state index in [4.69, 9.17) is 16.3 Å². The minimum absolute atomic E-state index is 0.0181. The van der Waals surface area contributed by atoms with Crippen LogP contribution in [0.5, 0.6) is 5.75 Å². The number of sulfonamides is 1. The van der Waals surface area contributed by atoms with Gasteiger partial charge in [-0.15, -0.1) is 10.2 Å². The molecule has 1 amide bonds. The molecule has 0 saturated heterocycles. The maximum absolute atomic E-state index is 12.6. The van der Waals surface area contributed by atoms with E-state index in [2.05, 4.69) is 25.3 Å². The lowest BCUT2D eigenvalue weighted by Gasteiger charge is -2.08. The zero-order chi connectivity index (χ0) is 27.2. The minimum Gasteiger partial charge on any atom is -0.471 e. The fourth-order valence-corrected chi connectivity index (χ4v) is 4.65. The Morgan fingerprint density at radius 3 is 2.26 bits per heavy atom. The molecule has 0 aliphatic rings. The van der Waals surface area contributed by atoms with E-state index in [-0.39, 0.29) is 28.3 Å². The molecule has 0 atom stereocenters. The van der Waals surface area contributed by atoms with Crippen LogP contribution < -0.4 is 14.8 Å². The van der Waals surface area contributed by atoms with Gasteiger partial charge >= 0.3 is 0 Å². The summed E-state index contributed by atoms with van der Waals surface area (Å²) in [7, 11) is -3.90. The molecule has 196 valence electrons. The number of hydrogen-bond donors (Lipinski definition) is 2. The molecule has 0 aliphatic carbocycles. The second-order valence-corrected chi connectivity index (χ2v) is 10.3. The van der Waals surface area contributed by atoms with Gasteiger partial charge in [-0.1, -0.05) is 54.1 Å². The Hall–Kier alpha value is -4.74. The molecule has 0 fully saturated rings. The Balaban J connectivity index is 1.15. The molecular formula is C27H21ClN6O4S. The van der Waals surface area contributed by atoms with E-state index in [9.17, 15) is 13.2 Å². The van der Waals surface area contributed by atoms with Crippen LogP contribution in [-0.2, 0) is 16.8 Å². The van der Waals surface area contributed by atoms with Gasteiger partial charge in [-0.3, -0.25) is 9.52 Å². The molecule has 39 heavy (non-hydrogen) atoms. The van der Waals surface area contributed by atoms with Crippen molar-refractivity contribution in [2.75, 3.05) is 10.0 Å². The summed E-state index contributed by atoms with van der Waals surface area (Å²) in [5, 5.41) is 14.4. The number of nitrogens with zero attached hydrogens (tertiary/aromatic N) is 4. The molecular weight excluding hydrogens is 540 g/mol. The zero-order valence-corrected chi connectivity index (χ0v) is 21.8. The lowest BCUT2D eigenvalue weighted by Crippen LogP contribution is -2.15. The molecule has 0 aliphatic heterocycles. The topological polar surface area (TPSA) is 128 Å². The van der Waals surface area contributed by atoms with Gasteiger partial charge in [-0.05, 0) is 65.7 Å². The second-order valence-electron chi connectivity index (χ2n) is 8.23. The molecule has 0 unspecified atom stereocenters. The number of carbonyl (C=O) groups is 1. The highest BCUT2D eigenvalue weighted by atomic mass is 35.5. The van der Waals surface area contributed by atoms with Gasteiger partial charge in [0.15, 0.2) is 23.4 Å². The Labute approximate surface area is 229 Å². The number of hydrogen-bond acceptors (Lipinski definition) is 7. The van der Waals surface area contributed by atoms with Crippen molar-refractivity contribution in [2.24, 2.45) is 0 Å². The van der Waals surface area contributed by atoms with E-state index in [1.54, 1.807) is 12.3 Å². The molecule has 3 aromatic carbocycles. The monoisotopic (exact) mass is 560 g/mol. The fourth-order valence-electron chi connectivity index (χ4n) is 3.55. The van der Waals surface area contributed by atoms with Gasteiger partial charge in [0.2, 0.25) is 0 Å². The summed E-state index contributed by atoms with van der Waals surface area (Å²) >= 11 is 5.67. The number of benzene rings is 3. The van der Waals surface area contributed by atoms with Crippen LogP contribution in [0.3, 0.4) is 0 Å². The van der Waals surface area contributed by atoms with Gasteiger partial charge in [0.1, 0.15) is 5.75 Å². The van der Waals surface area contributed by atoms with Crippen LogP contribution in [0.15, 0.2) is 108 Å². The van der Waals surface area contributed by atoms with Crippen LogP contribution in [0.25, 0.3) is 11.1 Å². The number of ether oxygens (including phenoxy) is 1. The third-order valence-electron chi connectivity index (χ3n) is 5.49. The van der Waals surface area contributed by atoms with Crippen molar-refractivity contribution in [3.8, 4) is 16.9 Å². The van der Waals surface area contributed by atoms with Crippen LogP contribution >= 0.6 is 11.6 Å². The zero-order valence-electron chi connectivity index (χ0n) is 20.2. The maximum atomic E-state index is 12.6. The standard InChI is InChI=1S/C27H21ClN6O4S/c28-25-14-15-26(31-30-25)33-39(36,37)23-12-8-21(9-13-23)29-27(35)24-16-17-34(32-24)18-38-22-10-6-20(7-11-22)19-4-2-1-3-5-19/h1-17H,18H2,(H,29,35)(H,31,33). The van der Waals surface area contributed by atoms with Crippen molar-refractivity contribution >= 4 is 39.0 Å². The van der Waals surface area contributed by atoms with Crippen molar-refractivity contribution in [1.29, 1.82) is 0 Å². The molecule has 2 aromatic heterocycles. The number of halogens is 1. The first-order valence-electron chi connectivity index (χ1n) is 11.6. The first-order valence-corrected chi connectivity index (χ1v) is 13.5. The molecule has 5 rings (SSSR count). The van der Waals surface area contributed by atoms with Crippen LogP contribution in [-0.4, -0.2) is 34.3 Å². The van der Waals surface area contributed by atoms with Gasteiger partial charge in [0.25, 0.3) is 15.9 Å². The Morgan fingerprint density at radius 2 is 1.56 bits per heavy atom. The summed E-state index contributed by atoms with van der Waals surface area (Å²) in [5.41, 5.74) is 2.78. The second kappa shape index (κ2) is 11.3. The van der Waals surface area contributed by atoms with Crippen molar-refractivity contribution in [3.05, 3.63) is 114 Å². The predicted molar refractivity (Wildman–Crippen MR) is 147 cm³/mol. The number of amides is 1. The van der Waals surface area contributed by atoms with Crippen molar-refractivity contribution in [2.45, 2.75) is 11.6 Å². The van der Waals surface area contributed by atoms with E-state index in [0.29, 0.717) is 11.4 Å². The Bertz CT molecular complexity index is 1680. The number of rotatable bonds is 9. The molecule has 10 nitrogen and oxygen atoms in total. The van der Waals surface area contributed by atoms with E-state index in [0.717, 1.165) is 11.1 Å². The molecule has 12 heteroatoms. The summed E-state index contributed by atoms with van der Waals surface area (Å²) in [6.07, 6.45) is 1.63. The first-order chi connectivity index (χ1) is 18.9. The summed E-state index contributed by atoms with van der Waals surface area (Å²) in [4.78, 5) is 12.6. The highest BCUT2D eigenvalue weighted by Crippen LogP contribution is 2.22. The van der Waals surface area contributed by atoms with E-state index in [1.807, 2.05) is 54.6 Å². The fraction of sp³-hybridized carbons (Fsp3) is 0.0370. The van der Waals surface area contributed by atoms with Crippen LogP contribution in [0.1, 0.15) is 10.5 Å². The van der Waals surface area contributed by atoms with Crippen LogP contribution in [0.4, 0.5) is 11.5 Å². The summed E-state index contributed by atoms with van der Waals surface area (Å²) in [6.45, 7) is 0.121. The average Bonchev–Trinajstić information content (AvgIpc) is 3.44. The largest absolute Gasteiger partial charge is 0.471 e. The van der Waals surface area contributed by atoms with Crippen LogP contribution in [0.2, 0.25) is 5.15 Å². The van der Waals surface area contributed by atoms with Crippen molar-refractivity contribution in [1.82, 2.24) is 20.0 Å². The molecule has 5 aromatic rings. The molecule has 2 N–H and O–H groups in total. The van der Waals surface area contributed by atoms with Gasteiger partial charge in [-0.25, -0.2) is 13.1 Å². The first kappa shape index (κ1) is 25.9. The van der Waals surface area contributed by atoms with E-state index < -0.39 is 15.9 Å². The van der Waals surface area contributed by atoms with Gasteiger partial charge in [0.05, 0.1) is 4.90 Å². The van der Waals surface area contributed by atoms with E-state index >= 15 is 0 Å². The summed E-state index contributed by atoms with van der Waals surface area (Å²) in [5.74, 6) is 0.246. The molecule has 0 radical (unpaired) electrons. The third kappa shape index (κ3) is 6.58. The lowest BCUT2D eigenvalue weighted by atomic mass is 10.1. The molecule has 0 bridgehead atoms. The highest BCUT2D eigenvalue weighted by molar-refractivity contribution is 7.92. The summed E-state index contributed by atoms with van der Waals surface area (Å²) < 4.78 is 34.7. The van der Waals surface area contributed by atoms with E-state index in [1.165, 1.54) is 41.1 Å². The quantitative estimate of drug-likeness (QED) is 0.257. The molecule has 0 saturated carbocycles. The Kier molecular flexibility index (Phi) is 7.53. The highest BCUT2D eigenvalue weighted by Gasteiger charge is 2.16. The Morgan fingerprint density at radius 1 is 0.846 bits per heavy atom. The number of nitrogens with one attached hydrogen (secondary N) is 2. The number of carbonyl (C=O) groups excluding carboxylic acids is 1. The number of aromatic nitrogens is 4.